The highest BCUT2D eigenvalue weighted by Crippen LogP contribution is 2.23. The topological polar surface area (TPSA) is 177 Å². The SMILES string of the molecule is Cc1ccccc1N(N)C(=O)N(N)c1ccc(NC(C)(C)C(=O)CN(CCC(C)C)C(=O)CCC(C)CC(=O)ON)cc1. The number of nitrogens with one attached hydrogen (secondary N) is 1. The van der Waals surface area contributed by atoms with Crippen LogP contribution < -0.4 is 32.9 Å². The zero-order chi connectivity index (χ0) is 32.3. The van der Waals surface area contributed by atoms with Crippen LogP contribution in [0.3, 0.4) is 0 Å². The molecule has 0 radical (unpaired) electrons. The molecule has 0 fully saturated rings. The second kappa shape index (κ2) is 16.0. The van der Waals surface area contributed by atoms with E-state index in [9.17, 15) is 19.2 Å². The van der Waals surface area contributed by atoms with Gasteiger partial charge in [-0.2, -0.15) is 5.90 Å². The third kappa shape index (κ3) is 10.7. The molecule has 0 aromatic heterocycles. The van der Waals surface area contributed by atoms with Crippen LogP contribution in [-0.4, -0.2) is 47.2 Å². The number of Topliss-reactive ketones (excluding diaryl/α,β-unsaturated/α-hetero) is 1. The molecule has 12 heteroatoms. The van der Waals surface area contributed by atoms with Crippen LogP contribution in [0.25, 0.3) is 0 Å². The van der Waals surface area contributed by atoms with E-state index in [-0.39, 0.29) is 37.0 Å². The van der Waals surface area contributed by atoms with Gasteiger partial charge in [0.05, 0.1) is 23.5 Å². The first-order chi connectivity index (χ1) is 20.2. The van der Waals surface area contributed by atoms with Crippen molar-refractivity contribution in [1.29, 1.82) is 0 Å². The van der Waals surface area contributed by atoms with Gasteiger partial charge in [0.1, 0.15) is 0 Å². The zero-order valence-corrected chi connectivity index (χ0v) is 26.1. The summed E-state index contributed by atoms with van der Waals surface area (Å²) < 4.78 is 0. The predicted octanol–water partition coefficient (Wildman–Crippen LogP) is 4.03. The summed E-state index contributed by atoms with van der Waals surface area (Å²) >= 11 is 0. The largest absolute Gasteiger partial charge is 0.373 e. The Morgan fingerprint density at radius 3 is 2.14 bits per heavy atom. The molecule has 7 N–H and O–H groups in total. The fraction of sp³-hybridized carbons (Fsp3) is 0.484. The number of nitrogens with two attached hydrogens (primary N) is 3. The van der Waals surface area contributed by atoms with Crippen LogP contribution in [0.5, 0.6) is 0 Å². The van der Waals surface area contributed by atoms with E-state index in [1.807, 2.05) is 26.0 Å². The summed E-state index contributed by atoms with van der Waals surface area (Å²) in [4.78, 5) is 56.7. The Morgan fingerprint density at radius 2 is 1.56 bits per heavy atom. The summed E-state index contributed by atoms with van der Waals surface area (Å²) in [7, 11) is 0. The van der Waals surface area contributed by atoms with Gasteiger partial charge in [-0.05, 0) is 81.3 Å². The molecule has 0 saturated carbocycles. The van der Waals surface area contributed by atoms with Gasteiger partial charge >= 0.3 is 12.0 Å². The van der Waals surface area contributed by atoms with Crippen molar-refractivity contribution in [3.05, 3.63) is 54.1 Å². The van der Waals surface area contributed by atoms with Gasteiger partial charge in [0.2, 0.25) is 5.91 Å². The van der Waals surface area contributed by atoms with Gasteiger partial charge in [-0.1, -0.05) is 39.0 Å². The average molecular weight is 598 g/mol. The maximum atomic E-state index is 13.4. The Balaban J connectivity index is 2.05. The van der Waals surface area contributed by atoms with Crippen molar-refractivity contribution in [2.24, 2.45) is 29.4 Å². The van der Waals surface area contributed by atoms with Gasteiger partial charge in [-0.3, -0.25) is 14.4 Å². The molecule has 43 heavy (non-hydrogen) atoms. The number of carbonyl (C=O) groups is 4. The lowest BCUT2D eigenvalue weighted by Gasteiger charge is -2.31. The van der Waals surface area contributed by atoms with Crippen LogP contribution in [0.1, 0.15) is 65.9 Å². The summed E-state index contributed by atoms with van der Waals surface area (Å²) in [5.41, 5.74) is 1.39. The fourth-order valence-electron chi connectivity index (χ4n) is 4.34. The Morgan fingerprint density at radius 1 is 0.930 bits per heavy atom. The molecular formula is C31H47N7O5. The van der Waals surface area contributed by atoms with Crippen LogP contribution in [0.2, 0.25) is 0 Å². The van der Waals surface area contributed by atoms with E-state index in [0.29, 0.717) is 35.9 Å². The number of ketones is 1. The molecule has 0 heterocycles. The maximum absolute atomic E-state index is 13.4. The monoisotopic (exact) mass is 597 g/mol. The summed E-state index contributed by atoms with van der Waals surface area (Å²) in [5, 5.41) is 5.17. The van der Waals surface area contributed by atoms with Crippen molar-refractivity contribution >= 4 is 40.8 Å². The predicted molar refractivity (Wildman–Crippen MR) is 168 cm³/mol. The van der Waals surface area contributed by atoms with Crippen molar-refractivity contribution in [3.8, 4) is 0 Å². The average Bonchev–Trinajstić information content (AvgIpc) is 2.96. The Labute approximate surface area is 254 Å². The van der Waals surface area contributed by atoms with Crippen molar-refractivity contribution in [3.63, 3.8) is 0 Å². The zero-order valence-electron chi connectivity index (χ0n) is 26.1. The molecule has 2 aromatic rings. The second-order valence-electron chi connectivity index (χ2n) is 11.9. The Hall–Kier alpha value is -4.00. The number of hydrogen-bond acceptors (Lipinski definition) is 9. The number of urea groups is 1. The van der Waals surface area contributed by atoms with E-state index in [2.05, 4.69) is 24.0 Å². The van der Waals surface area contributed by atoms with Gasteiger partial charge in [-0.15, -0.1) is 0 Å². The molecule has 0 spiro atoms. The third-order valence-corrected chi connectivity index (χ3v) is 7.25. The summed E-state index contributed by atoms with van der Waals surface area (Å²) in [6.07, 6.45) is 1.55. The lowest BCUT2D eigenvalue weighted by molar-refractivity contribution is -0.145. The van der Waals surface area contributed by atoms with Crippen molar-refractivity contribution < 1.29 is 24.0 Å². The molecule has 0 aliphatic heterocycles. The number of anilines is 3. The molecule has 12 nitrogen and oxygen atoms in total. The first-order valence-corrected chi connectivity index (χ1v) is 14.4. The third-order valence-electron chi connectivity index (χ3n) is 7.25. The second-order valence-corrected chi connectivity index (χ2v) is 11.9. The molecule has 1 atom stereocenters. The quantitative estimate of drug-likeness (QED) is 0.134. The van der Waals surface area contributed by atoms with Crippen molar-refractivity contribution in [2.45, 2.75) is 72.8 Å². The number of nitrogens with zero attached hydrogens (tertiary/aromatic N) is 3. The van der Waals surface area contributed by atoms with Crippen LogP contribution in [0, 0.1) is 18.8 Å². The van der Waals surface area contributed by atoms with Gasteiger partial charge < -0.3 is 15.1 Å². The number of aryl methyl sites for hydroxylation is 1. The first kappa shape index (κ1) is 35.2. The van der Waals surface area contributed by atoms with E-state index in [1.165, 1.54) is 0 Å². The van der Waals surface area contributed by atoms with Gasteiger partial charge in [0.25, 0.3) is 0 Å². The summed E-state index contributed by atoms with van der Waals surface area (Å²) in [6, 6.07) is 13.3. The fourth-order valence-corrected chi connectivity index (χ4v) is 4.34. The van der Waals surface area contributed by atoms with Gasteiger partial charge in [-0.25, -0.2) is 26.5 Å². The number of para-hydroxylation sites is 1. The first-order valence-electron chi connectivity index (χ1n) is 14.4. The van der Waals surface area contributed by atoms with Gasteiger partial charge in [0, 0.05) is 25.1 Å². The molecule has 0 bridgehead atoms. The molecule has 3 amide bonds. The van der Waals surface area contributed by atoms with Gasteiger partial charge in [0.15, 0.2) is 5.78 Å². The van der Waals surface area contributed by atoms with E-state index in [1.54, 1.807) is 55.1 Å². The molecule has 2 rings (SSSR count). The van der Waals surface area contributed by atoms with Crippen LogP contribution in [0.15, 0.2) is 48.5 Å². The van der Waals surface area contributed by atoms with E-state index < -0.39 is 17.5 Å². The molecule has 0 aliphatic rings. The number of rotatable bonds is 15. The lowest BCUT2D eigenvalue weighted by atomic mass is 9.97. The number of hydrazine groups is 2. The molecule has 0 aliphatic carbocycles. The van der Waals surface area contributed by atoms with Crippen molar-refractivity contribution in [2.75, 3.05) is 28.4 Å². The minimum absolute atomic E-state index is 0.0564. The summed E-state index contributed by atoms with van der Waals surface area (Å²) in [6.45, 7) is 11.7. The summed E-state index contributed by atoms with van der Waals surface area (Å²) in [5.74, 6) is 16.5. The molecule has 2 aromatic carbocycles. The number of carbonyl (C=O) groups excluding carboxylic acids is 4. The number of amides is 3. The highest BCUT2D eigenvalue weighted by Gasteiger charge is 2.30. The van der Waals surface area contributed by atoms with E-state index in [0.717, 1.165) is 22.0 Å². The number of benzene rings is 2. The maximum Gasteiger partial charge on any atom is 0.357 e. The Bertz CT molecular complexity index is 1250. The molecule has 1 unspecified atom stereocenters. The Kier molecular flexibility index (Phi) is 13.1. The highest BCUT2D eigenvalue weighted by molar-refractivity contribution is 6.02. The smallest absolute Gasteiger partial charge is 0.357 e. The highest BCUT2D eigenvalue weighted by atomic mass is 16.7. The van der Waals surface area contributed by atoms with Crippen LogP contribution >= 0.6 is 0 Å². The normalized spacial score (nSPS) is 12.0. The minimum Gasteiger partial charge on any atom is -0.373 e. The van der Waals surface area contributed by atoms with Crippen LogP contribution in [0.4, 0.5) is 21.9 Å². The van der Waals surface area contributed by atoms with Crippen molar-refractivity contribution in [1.82, 2.24) is 4.90 Å². The number of hydrogen-bond donors (Lipinski definition) is 4. The van der Waals surface area contributed by atoms with Crippen LogP contribution in [-0.2, 0) is 19.2 Å². The minimum atomic E-state index is -1.01. The van der Waals surface area contributed by atoms with E-state index >= 15 is 0 Å². The molecule has 236 valence electrons. The van der Waals surface area contributed by atoms with E-state index in [4.69, 9.17) is 17.6 Å². The lowest BCUT2D eigenvalue weighted by Crippen LogP contribution is -2.51. The molecule has 0 saturated heterocycles. The standard InChI is InChI=1S/C31H47N7O5/c1-21(2)17-18-36(28(40)16-11-22(3)19-29(41)43-34)20-27(39)31(5,6)35-24-12-14-25(15-13-24)37(32)30(42)38(33)26-10-8-7-9-23(26)4/h7-10,12-15,21-22,35H,11,16-20,32-34H2,1-6H3. The molecular weight excluding hydrogens is 550 g/mol.